The molecule has 0 unspecified atom stereocenters. The van der Waals surface area contributed by atoms with Gasteiger partial charge in [-0.3, -0.25) is 9.78 Å². The zero-order valence-electron chi connectivity index (χ0n) is 13.6. The molecule has 2 aromatic heterocycles. The topological polar surface area (TPSA) is 59.8 Å². The first-order valence-electron chi connectivity index (χ1n) is 7.83. The number of benzene rings is 1. The molecule has 8 heteroatoms. The second-order valence-corrected chi connectivity index (χ2v) is 5.49. The summed E-state index contributed by atoms with van der Waals surface area (Å²) in [6.45, 7) is 0.758. The first-order chi connectivity index (χ1) is 12.4. The SMILES string of the molecule is O=C(NCCn1ccnc1-c1ccccn1)c1ccc(C(F)(F)F)cc1. The van der Waals surface area contributed by atoms with Crippen LogP contribution in [0.4, 0.5) is 13.2 Å². The molecule has 0 aliphatic heterocycles. The predicted octanol–water partition coefficient (Wildman–Crippen LogP) is 3.39. The van der Waals surface area contributed by atoms with Crippen molar-refractivity contribution in [1.29, 1.82) is 0 Å². The fourth-order valence-corrected chi connectivity index (χ4v) is 2.42. The maximum atomic E-state index is 12.5. The molecule has 0 bridgehead atoms. The fraction of sp³-hybridized carbons (Fsp3) is 0.167. The van der Waals surface area contributed by atoms with E-state index < -0.39 is 17.6 Å². The van der Waals surface area contributed by atoms with Gasteiger partial charge in [0.2, 0.25) is 0 Å². The van der Waals surface area contributed by atoms with E-state index in [4.69, 9.17) is 0 Å². The standard InChI is InChI=1S/C18H15F3N4O/c19-18(20,21)14-6-4-13(5-7-14)17(26)24-10-12-25-11-9-23-16(25)15-3-1-2-8-22-15/h1-9,11H,10,12H2,(H,24,26). The van der Waals surface area contributed by atoms with Gasteiger partial charge in [-0.25, -0.2) is 4.98 Å². The molecule has 2 heterocycles. The molecule has 5 nitrogen and oxygen atoms in total. The Bertz CT molecular complexity index is 873. The number of hydrogen-bond acceptors (Lipinski definition) is 3. The van der Waals surface area contributed by atoms with Gasteiger partial charge in [-0.15, -0.1) is 0 Å². The number of aromatic nitrogens is 3. The molecule has 3 aromatic rings. The van der Waals surface area contributed by atoms with Gasteiger partial charge in [0, 0.05) is 37.2 Å². The molecule has 0 aliphatic rings. The Morgan fingerprint density at radius 3 is 2.46 bits per heavy atom. The van der Waals surface area contributed by atoms with Crippen molar-refractivity contribution in [2.24, 2.45) is 0 Å². The van der Waals surface area contributed by atoms with Crippen molar-refractivity contribution in [3.05, 3.63) is 72.2 Å². The maximum Gasteiger partial charge on any atom is 0.416 e. The van der Waals surface area contributed by atoms with E-state index >= 15 is 0 Å². The number of nitrogens with one attached hydrogen (secondary N) is 1. The van der Waals surface area contributed by atoms with Crippen LogP contribution >= 0.6 is 0 Å². The summed E-state index contributed by atoms with van der Waals surface area (Å²) in [5.41, 5.74) is 0.104. The van der Waals surface area contributed by atoms with Crippen molar-refractivity contribution in [2.45, 2.75) is 12.7 Å². The number of alkyl halides is 3. The summed E-state index contributed by atoms with van der Waals surface area (Å²) in [6.07, 6.45) is 0.662. The van der Waals surface area contributed by atoms with Gasteiger partial charge in [0.15, 0.2) is 5.82 Å². The highest BCUT2D eigenvalue weighted by Crippen LogP contribution is 2.29. The van der Waals surface area contributed by atoms with Crippen LogP contribution in [0, 0.1) is 0 Å². The highest BCUT2D eigenvalue weighted by molar-refractivity contribution is 5.94. The number of nitrogens with zero attached hydrogens (tertiary/aromatic N) is 3. The van der Waals surface area contributed by atoms with Crippen molar-refractivity contribution >= 4 is 5.91 Å². The third-order valence-electron chi connectivity index (χ3n) is 3.72. The van der Waals surface area contributed by atoms with Gasteiger partial charge in [-0.05, 0) is 36.4 Å². The normalized spacial score (nSPS) is 11.3. The van der Waals surface area contributed by atoms with E-state index in [1.54, 1.807) is 24.7 Å². The van der Waals surface area contributed by atoms with Crippen LogP contribution in [0.2, 0.25) is 0 Å². The summed E-state index contributed by atoms with van der Waals surface area (Å²) in [4.78, 5) is 20.6. The molecular formula is C18H15F3N4O. The molecule has 1 aromatic carbocycles. The highest BCUT2D eigenvalue weighted by Gasteiger charge is 2.30. The zero-order valence-corrected chi connectivity index (χ0v) is 13.6. The van der Waals surface area contributed by atoms with E-state index in [0.717, 1.165) is 24.3 Å². The second kappa shape index (κ2) is 7.38. The van der Waals surface area contributed by atoms with E-state index in [1.165, 1.54) is 0 Å². The lowest BCUT2D eigenvalue weighted by Crippen LogP contribution is -2.27. The molecule has 0 aliphatic carbocycles. The van der Waals surface area contributed by atoms with Crippen molar-refractivity contribution in [2.75, 3.05) is 6.54 Å². The Morgan fingerprint density at radius 2 is 1.81 bits per heavy atom. The number of amides is 1. The Hall–Kier alpha value is -3.16. The smallest absolute Gasteiger partial charge is 0.350 e. The summed E-state index contributed by atoms with van der Waals surface area (Å²) in [5.74, 6) is 0.243. The summed E-state index contributed by atoms with van der Waals surface area (Å²) in [6, 6.07) is 9.60. The average molecular weight is 360 g/mol. The molecule has 0 fully saturated rings. The summed E-state index contributed by atoms with van der Waals surface area (Å²) < 4.78 is 39.5. The third-order valence-corrected chi connectivity index (χ3v) is 3.72. The molecule has 0 radical (unpaired) electrons. The van der Waals surface area contributed by atoms with Crippen LogP contribution in [0.5, 0.6) is 0 Å². The molecule has 3 rings (SSSR count). The van der Waals surface area contributed by atoms with Crippen molar-refractivity contribution in [3.63, 3.8) is 0 Å². The third kappa shape index (κ3) is 4.08. The van der Waals surface area contributed by atoms with Crippen LogP contribution < -0.4 is 5.32 Å². The number of halogens is 3. The Morgan fingerprint density at radius 1 is 1.04 bits per heavy atom. The first kappa shape index (κ1) is 17.7. The van der Waals surface area contributed by atoms with Gasteiger partial charge in [0.05, 0.1) is 5.56 Å². The molecule has 0 spiro atoms. The lowest BCUT2D eigenvalue weighted by molar-refractivity contribution is -0.137. The van der Waals surface area contributed by atoms with E-state index in [-0.39, 0.29) is 5.56 Å². The molecule has 0 saturated carbocycles. The number of pyridine rings is 1. The zero-order chi connectivity index (χ0) is 18.6. The lowest BCUT2D eigenvalue weighted by Gasteiger charge is -2.10. The van der Waals surface area contributed by atoms with Crippen LogP contribution in [-0.2, 0) is 12.7 Å². The van der Waals surface area contributed by atoms with Gasteiger partial charge in [0.1, 0.15) is 5.69 Å². The molecule has 1 amide bonds. The van der Waals surface area contributed by atoms with Crippen molar-refractivity contribution in [3.8, 4) is 11.5 Å². The summed E-state index contributed by atoms with van der Waals surface area (Å²) in [5, 5.41) is 2.68. The molecule has 0 atom stereocenters. The Balaban J connectivity index is 1.59. The van der Waals surface area contributed by atoms with Gasteiger partial charge in [0.25, 0.3) is 5.91 Å². The minimum Gasteiger partial charge on any atom is -0.350 e. The highest BCUT2D eigenvalue weighted by atomic mass is 19.4. The van der Waals surface area contributed by atoms with Crippen molar-refractivity contribution in [1.82, 2.24) is 19.9 Å². The molecule has 0 saturated heterocycles. The van der Waals surface area contributed by atoms with Crippen LogP contribution in [0.3, 0.4) is 0 Å². The van der Waals surface area contributed by atoms with Gasteiger partial charge >= 0.3 is 6.18 Å². The molecule has 1 N–H and O–H groups in total. The van der Waals surface area contributed by atoms with Crippen LogP contribution in [0.25, 0.3) is 11.5 Å². The Labute approximate surface area is 147 Å². The van der Waals surface area contributed by atoms with E-state index in [0.29, 0.717) is 24.6 Å². The lowest BCUT2D eigenvalue weighted by atomic mass is 10.1. The Kier molecular flexibility index (Phi) is 5.01. The number of rotatable bonds is 5. The number of carbonyl (C=O) groups excluding carboxylic acids is 1. The quantitative estimate of drug-likeness (QED) is 0.759. The van der Waals surface area contributed by atoms with Gasteiger partial charge in [-0.2, -0.15) is 13.2 Å². The van der Waals surface area contributed by atoms with Crippen LogP contribution in [0.15, 0.2) is 61.1 Å². The van der Waals surface area contributed by atoms with Crippen LogP contribution in [0.1, 0.15) is 15.9 Å². The minimum atomic E-state index is -4.42. The molecule has 26 heavy (non-hydrogen) atoms. The monoisotopic (exact) mass is 360 g/mol. The molecule has 134 valence electrons. The minimum absolute atomic E-state index is 0.175. The maximum absolute atomic E-state index is 12.5. The van der Waals surface area contributed by atoms with E-state index in [2.05, 4.69) is 15.3 Å². The first-order valence-corrected chi connectivity index (χ1v) is 7.83. The number of carbonyl (C=O) groups is 1. The van der Waals surface area contributed by atoms with Gasteiger partial charge in [-0.1, -0.05) is 6.07 Å². The predicted molar refractivity (Wildman–Crippen MR) is 89.2 cm³/mol. The number of imidazole rings is 1. The van der Waals surface area contributed by atoms with Gasteiger partial charge < -0.3 is 9.88 Å². The second-order valence-electron chi connectivity index (χ2n) is 5.49. The van der Waals surface area contributed by atoms with Crippen molar-refractivity contribution < 1.29 is 18.0 Å². The summed E-state index contributed by atoms with van der Waals surface area (Å²) >= 11 is 0. The number of hydrogen-bond donors (Lipinski definition) is 1. The van der Waals surface area contributed by atoms with Crippen LogP contribution in [-0.4, -0.2) is 27.0 Å². The average Bonchev–Trinajstić information content (AvgIpc) is 3.10. The molecular weight excluding hydrogens is 345 g/mol. The largest absolute Gasteiger partial charge is 0.416 e. The fourth-order valence-electron chi connectivity index (χ4n) is 2.42. The van der Waals surface area contributed by atoms with E-state index in [1.807, 2.05) is 16.7 Å². The van der Waals surface area contributed by atoms with E-state index in [9.17, 15) is 18.0 Å². The summed E-state index contributed by atoms with van der Waals surface area (Å²) in [7, 11) is 0.